The average Bonchev–Trinajstić information content (AvgIpc) is 3.16. The van der Waals surface area contributed by atoms with Crippen molar-refractivity contribution in [3.05, 3.63) is 36.3 Å². The zero-order valence-electron chi connectivity index (χ0n) is 14.6. The molecule has 0 bridgehead atoms. The number of hydrogen-bond donors (Lipinski definition) is 1. The van der Waals surface area contributed by atoms with Crippen molar-refractivity contribution in [2.75, 3.05) is 49.7 Å². The van der Waals surface area contributed by atoms with Gasteiger partial charge in [0.15, 0.2) is 11.5 Å². The van der Waals surface area contributed by atoms with Crippen LogP contribution in [0.3, 0.4) is 0 Å². The van der Waals surface area contributed by atoms with Gasteiger partial charge >= 0.3 is 0 Å². The van der Waals surface area contributed by atoms with Crippen molar-refractivity contribution >= 4 is 17.4 Å². The Morgan fingerprint density at radius 2 is 1.92 bits per heavy atom. The molecule has 1 aromatic heterocycles. The van der Waals surface area contributed by atoms with E-state index in [1.807, 2.05) is 0 Å². The molecular formula is C18H21N5O3. The molecule has 3 heterocycles. The lowest BCUT2D eigenvalue weighted by atomic mass is 10.2. The Balaban J connectivity index is 1.39. The number of nitrogens with zero attached hydrogens (tertiary/aromatic N) is 4. The van der Waals surface area contributed by atoms with Crippen LogP contribution in [0, 0.1) is 0 Å². The monoisotopic (exact) mass is 355 g/mol. The fourth-order valence-corrected chi connectivity index (χ4v) is 3.06. The summed E-state index contributed by atoms with van der Waals surface area (Å²) >= 11 is 0. The molecule has 8 nitrogen and oxygen atoms in total. The number of amides is 1. The number of fused-ring (bicyclic) bond motifs is 1. The number of hydrogen-bond acceptors (Lipinski definition) is 7. The van der Waals surface area contributed by atoms with Crippen molar-refractivity contribution in [2.24, 2.45) is 0 Å². The van der Waals surface area contributed by atoms with Crippen molar-refractivity contribution in [3.8, 4) is 11.5 Å². The summed E-state index contributed by atoms with van der Waals surface area (Å²) in [5.41, 5.74) is 0.902. The van der Waals surface area contributed by atoms with Gasteiger partial charge in [0.05, 0.1) is 12.4 Å². The number of benzene rings is 1. The molecule has 26 heavy (non-hydrogen) atoms. The molecule has 4 rings (SSSR count). The van der Waals surface area contributed by atoms with Gasteiger partial charge in [0.25, 0.3) is 5.91 Å². The molecule has 8 heteroatoms. The molecule has 136 valence electrons. The van der Waals surface area contributed by atoms with Gasteiger partial charge in [-0.25, -0.2) is 9.97 Å². The molecule has 2 aliphatic rings. The van der Waals surface area contributed by atoms with Gasteiger partial charge in [-0.2, -0.15) is 0 Å². The maximum atomic E-state index is 12.4. The van der Waals surface area contributed by atoms with Gasteiger partial charge in [0, 0.05) is 37.9 Å². The Morgan fingerprint density at radius 1 is 1.12 bits per heavy atom. The first kappa shape index (κ1) is 16.6. The fraction of sp³-hybridized carbons (Fsp3) is 0.389. The molecule has 2 aliphatic heterocycles. The number of carbonyl (C=O) groups excluding carboxylic acids is 1. The maximum absolute atomic E-state index is 12.4. The standard InChI is InChI=1S/C18H21N5O3/c1-2-22-5-7-23(8-6-22)17-11-19-14(10-20-17)18(24)21-13-3-4-15-16(9-13)26-12-25-15/h3-4,9-11H,2,5-8,12H2,1H3,(H,21,24). The van der Waals surface area contributed by atoms with E-state index in [2.05, 4.69) is 32.0 Å². The third-order valence-corrected chi connectivity index (χ3v) is 4.64. The number of piperazine rings is 1. The first-order chi connectivity index (χ1) is 12.7. The largest absolute Gasteiger partial charge is 0.454 e. The third-order valence-electron chi connectivity index (χ3n) is 4.64. The van der Waals surface area contributed by atoms with Crippen LogP contribution in [0.5, 0.6) is 11.5 Å². The summed E-state index contributed by atoms with van der Waals surface area (Å²) in [5, 5.41) is 2.80. The van der Waals surface area contributed by atoms with Gasteiger partial charge in [-0.05, 0) is 18.7 Å². The zero-order chi connectivity index (χ0) is 17.9. The molecule has 1 N–H and O–H groups in total. The first-order valence-electron chi connectivity index (χ1n) is 8.73. The van der Waals surface area contributed by atoms with Crippen LogP contribution in [0.2, 0.25) is 0 Å². The molecule has 1 amide bonds. The molecule has 0 saturated carbocycles. The fourth-order valence-electron chi connectivity index (χ4n) is 3.06. The van der Waals surface area contributed by atoms with Crippen molar-refractivity contribution in [3.63, 3.8) is 0 Å². The first-order valence-corrected chi connectivity index (χ1v) is 8.73. The van der Waals surface area contributed by atoms with Crippen molar-refractivity contribution in [2.45, 2.75) is 6.92 Å². The van der Waals surface area contributed by atoms with Crippen LogP contribution in [-0.4, -0.2) is 60.3 Å². The molecular weight excluding hydrogens is 334 g/mol. The topological polar surface area (TPSA) is 79.8 Å². The molecule has 0 aliphatic carbocycles. The normalized spacial score (nSPS) is 16.6. The molecule has 1 fully saturated rings. The number of ether oxygens (including phenoxy) is 2. The van der Waals surface area contributed by atoms with Gasteiger partial charge in [-0.15, -0.1) is 0 Å². The lowest BCUT2D eigenvalue weighted by Crippen LogP contribution is -2.46. The SMILES string of the molecule is CCN1CCN(c2cnc(C(=O)Nc3ccc4c(c3)OCO4)cn2)CC1. The van der Waals surface area contributed by atoms with Crippen LogP contribution in [-0.2, 0) is 0 Å². The van der Waals surface area contributed by atoms with E-state index in [4.69, 9.17) is 9.47 Å². The minimum Gasteiger partial charge on any atom is -0.454 e. The lowest BCUT2D eigenvalue weighted by Gasteiger charge is -2.34. The van der Waals surface area contributed by atoms with E-state index >= 15 is 0 Å². The Bertz CT molecular complexity index is 788. The van der Waals surface area contributed by atoms with Crippen LogP contribution in [0.25, 0.3) is 0 Å². The highest BCUT2D eigenvalue weighted by Gasteiger charge is 2.18. The predicted molar refractivity (Wildman–Crippen MR) is 96.9 cm³/mol. The minimum atomic E-state index is -0.307. The Morgan fingerprint density at radius 3 is 2.65 bits per heavy atom. The van der Waals surface area contributed by atoms with Crippen molar-refractivity contribution in [1.82, 2.24) is 14.9 Å². The second-order valence-electron chi connectivity index (χ2n) is 6.20. The van der Waals surface area contributed by atoms with Gasteiger partial charge in [0.1, 0.15) is 11.5 Å². The molecule has 0 spiro atoms. The number of rotatable bonds is 4. The Kier molecular flexibility index (Phi) is 4.57. The number of likely N-dealkylation sites (N-methyl/N-ethyl adjacent to an activating group) is 1. The quantitative estimate of drug-likeness (QED) is 0.892. The van der Waals surface area contributed by atoms with Crippen LogP contribution in [0.4, 0.5) is 11.5 Å². The highest BCUT2D eigenvalue weighted by Crippen LogP contribution is 2.34. The molecule has 1 aromatic carbocycles. The van der Waals surface area contributed by atoms with E-state index in [1.54, 1.807) is 24.4 Å². The van der Waals surface area contributed by atoms with Gasteiger partial charge in [0.2, 0.25) is 6.79 Å². The van der Waals surface area contributed by atoms with E-state index in [1.165, 1.54) is 6.20 Å². The second kappa shape index (κ2) is 7.17. The number of carbonyl (C=O) groups is 1. The summed E-state index contributed by atoms with van der Waals surface area (Å²) in [6.45, 7) is 7.32. The summed E-state index contributed by atoms with van der Waals surface area (Å²) in [6, 6.07) is 5.26. The third kappa shape index (κ3) is 3.41. The van der Waals surface area contributed by atoms with Crippen LogP contribution >= 0.6 is 0 Å². The molecule has 1 saturated heterocycles. The molecule has 0 atom stereocenters. The maximum Gasteiger partial charge on any atom is 0.275 e. The van der Waals surface area contributed by atoms with Gasteiger partial charge < -0.3 is 24.6 Å². The van der Waals surface area contributed by atoms with Crippen LogP contribution in [0.15, 0.2) is 30.6 Å². The van der Waals surface area contributed by atoms with E-state index in [-0.39, 0.29) is 18.4 Å². The average molecular weight is 355 g/mol. The lowest BCUT2D eigenvalue weighted by molar-refractivity contribution is 0.102. The van der Waals surface area contributed by atoms with Crippen LogP contribution < -0.4 is 19.7 Å². The Labute approximate surface area is 151 Å². The summed E-state index contributed by atoms with van der Waals surface area (Å²) in [6.07, 6.45) is 3.18. The molecule has 2 aromatic rings. The smallest absolute Gasteiger partial charge is 0.275 e. The van der Waals surface area contributed by atoms with Crippen LogP contribution in [0.1, 0.15) is 17.4 Å². The van der Waals surface area contributed by atoms with Crippen molar-refractivity contribution < 1.29 is 14.3 Å². The van der Waals surface area contributed by atoms with E-state index in [9.17, 15) is 4.79 Å². The Hall–Kier alpha value is -2.87. The van der Waals surface area contributed by atoms with E-state index < -0.39 is 0 Å². The van der Waals surface area contributed by atoms with Crippen molar-refractivity contribution in [1.29, 1.82) is 0 Å². The van der Waals surface area contributed by atoms with Gasteiger partial charge in [-0.1, -0.05) is 6.92 Å². The minimum absolute atomic E-state index is 0.201. The summed E-state index contributed by atoms with van der Waals surface area (Å²) in [4.78, 5) is 25.7. The number of nitrogens with one attached hydrogen (secondary N) is 1. The molecule has 0 unspecified atom stereocenters. The summed E-state index contributed by atoms with van der Waals surface area (Å²) in [7, 11) is 0. The highest BCUT2D eigenvalue weighted by atomic mass is 16.7. The summed E-state index contributed by atoms with van der Waals surface area (Å²) < 4.78 is 10.6. The van der Waals surface area contributed by atoms with E-state index in [0.29, 0.717) is 17.2 Å². The number of aromatic nitrogens is 2. The highest BCUT2D eigenvalue weighted by molar-refractivity contribution is 6.02. The number of anilines is 2. The molecule has 0 radical (unpaired) electrons. The zero-order valence-corrected chi connectivity index (χ0v) is 14.6. The second-order valence-corrected chi connectivity index (χ2v) is 6.20. The van der Waals surface area contributed by atoms with E-state index in [0.717, 1.165) is 38.5 Å². The van der Waals surface area contributed by atoms with Gasteiger partial charge in [-0.3, -0.25) is 4.79 Å². The summed E-state index contributed by atoms with van der Waals surface area (Å²) in [5.74, 6) is 1.80. The predicted octanol–water partition coefficient (Wildman–Crippen LogP) is 1.60.